The quantitative estimate of drug-likeness (QED) is 0.902. The lowest BCUT2D eigenvalue weighted by Gasteiger charge is -2.43. The van der Waals surface area contributed by atoms with E-state index in [1.165, 1.54) is 25.7 Å². The van der Waals surface area contributed by atoms with Crippen LogP contribution in [-0.4, -0.2) is 31.9 Å². The van der Waals surface area contributed by atoms with E-state index >= 15 is 0 Å². The van der Waals surface area contributed by atoms with Gasteiger partial charge in [-0.15, -0.1) is 0 Å². The summed E-state index contributed by atoms with van der Waals surface area (Å²) in [5.41, 5.74) is 2.25. The number of nitrogens with one attached hydrogen (secondary N) is 1. The molecule has 1 aromatic rings. The van der Waals surface area contributed by atoms with Gasteiger partial charge in [0.1, 0.15) is 0 Å². The lowest BCUT2D eigenvalue weighted by Crippen LogP contribution is -2.49. The van der Waals surface area contributed by atoms with Crippen LogP contribution in [0.15, 0.2) is 23.1 Å². The van der Waals surface area contributed by atoms with Crippen LogP contribution in [0.1, 0.15) is 50.5 Å². The lowest BCUT2D eigenvalue weighted by atomic mass is 9.79. The fourth-order valence-corrected chi connectivity index (χ4v) is 6.43. The van der Waals surface area contributed by atoms with Gasteiger partial charge < -0.3 is 5.32 Å². The third-order valence-corrected chi connectivity index (χ3v) is 7.73. The maximum atomic E-state index is 13.2. The Labute approximate surface area is 139 Å². The topological polar surface area (TPSA) is 49.4 Å². The predicted molar refractivity (Wildman–Crippen MR) is 92.1 cm³/mol. The number of benzene rings is 1. The van der Waals surface area contributed by atoms with E-state index in [1.807, 2.05) is 16.4 Å². The smallest absolute Gasteiger partial charge is 0.243 e. The molecule has 23 heavy (non-hydrogen) atoms. The standard InChI is InChI=1S/C18H26N2O2S/c21-23(22,16-9-10-17-15(13-16)6-3-11-19-17)20-12-4-7-14-5-1-2-8-18(14)20/h9-10,13-14,18-19H,1-8,11-12H2/t14-,18-/m0/s1. The van der Waals surface area contributed by atoms with E-state index in [1.54, 1.807) is 6.07 Å². The van der Waals surface area contributed by atoms with Gasteiger partial charge >= 0.3 is 0 Å². The van der Waals surface area contributed by atoms with Crippen LogP contribution < -0.4 is 5.32 Å². The Bertz CT molecular complexity index is 684. The van der Waals surface area contributed by atoms with Gasteiger partial charge in [0.2, 0.25) is 10.0 Å². The molecular formula is C18H26N2O2S. The SMILES string of the molecule is O=S(=O)(c1ccc2c(c1)CCCN2)N1CCC[C@@H]2CCCC[C@@H]21. The van der Waals surface area contributed by atoms with E-state index < -0.39 is 10.0 Å². The molecular weight excluding hydrogens is 308 g/mol. The van der Waals surface area contributed by atoms with Crippen molar-refractivity contribution in [3.63, 3.8) is 0 Å². The van der Waals surface area contributed by atoms with Gasteiger partial charge in [-0.05, 0) is 68.2 Å². The maximum absolute atomic E-state index is 13.2. The Hall–Kier alpha value is -1.07. The minimum Gasteiger partial charge on any atom is -0.385 e. The zero-order valence-electron chi connectivity index (χ0n) is 13.6. The second-order valence-corrected chi connectivity index (χ2v) is 9.11. The van der Waals surface area contributed by atoms with Crippen LogP contribution in [0.25, 0.3) is 0 Å². The zero-order valence-corrected chi connectivity index (χ0v) is 14.4. The number of piperidine rings is 1. The van der Waals surface area contributed by atoms with Crippen molar-refractivity contribution in [1.29, 1.82) is 0 Å². The zero-order chi connectivity index (χ0) is 15.9. The summed E-state index contributed by atoms with van der Waals surface area (Å²) in [6.07, 6.45) is 8.92. The largest absolute Gasteiger partial charge is 0.385 e. The summed E-state index contributed by atoms with van der Waals surface area (Å²) < 4.78 is 28.3. The number of rotatable bonds is 2. The van der Waals surface area contributed by atoms with Crippen LogP contribution in [0.3, 0.4) is 0 Å². The van der Waals surface area contributed by atoms with E-state index in [0.717, 1.165) is 43.5 Å². The number of fused-ring (bicyclic) bond motifs is 2. The number of anilines is 1. The highest BCUT2D eigenvalue weighted by atomic mass is 32.2. The van der Waals surface area contributed by atoms with Gasteiger partial charge in [-0.25, -0.2) is 8.42 Å². The van der Waals surface area contributed by atoms with Crippen LogP contribution >= 0.6 is 0 Å². The summed E-state index contributed by atoms with van der Waals surface area (Å²) in [6, 6.07) is 5.88. The molecule has 1 N–H and O–H groups in total. The molecule has 2 aliphatic heterocycles. The first-order valence-electron chi connectivity index (χ1n) is 9.05. The van der Waals surface area contributed by atoms with Crippen LogP contribution in [0, 0.1) is 5.92 Å². The number of aryl methyl sites for hydroxylation is 1. The summed E-state index contributed by atoms with van der Waals surface area (Å²) in [6.45, 7) is 1.67. The minimum atomic E-state index is -3.36. The number of sulfonamides is 1. The van der Waals surface area contributed by atoms with Gasteiger partial charge in [0.15, 0.2) is 0 Å². The molecule has 0 bridgehead atoms. The summed E-state index contributed by atoms with van der Waals surface area (Å²) in [7, 11) is -3.36. The molecule has 2 atom stereocenters. The molecule has 2 heterocycles. The van der Waals surface area contributed by atoms with Crippen molar-refractivity contribution in [2.75, 3.05) is 18.4 Å². The second kappa shape index (κ2) is 6.10. The van der Waals surface area contributed by atoms with Crippen molar-refractivity contribution in [1.82, 2.24) is 4.31 Å². The fourth-order valence-electron chi connectivity index (χ4n) is 4.62. The first-order chi connectivity index (χ1) is 11.2. The lowest BCUT2D eigenvalue weighted by molar-refractivity contribution is 0.129. The predicted octanol–water partition coefficient (Wildman–Crippen LogP) is 3.39. The van der Waals surface area contributed by atoms with E-state index in [-0.39, 0.29) is 6.04 Å². The highest BCUT2D eigenvalue weighted by Gasteiger charge is 2.40. The second-order valence-electron chi connectivity index (χ2n) is 7.22. The minimum absolute atomic E-state index is 0.233. The molecule has 1 aliphatic carbocycles. The molecule has 0 spiro atoms. The highest BCUT2D eigenvalue weighted by molar-refractivity contribution is 7.89. The van der Waals surface area contributed by atoms with E-state index in [2.05, 4.69) is 5.32 Å². The summed E-state index contributed by atoms with van der Waals surface area (Å²) >= 11 is 0. The van der Waals surface area contributed by atoms with Crippen LogP contribution in [0.5, 0.6) is 0 Å². The first kappa shape index (κ1) is 15.5. The molecule has 1 aromatic carbocycles. The van der Waals surface area contributed by atoms with Gasteiger partial charge in [0, 0.05) is 24.8 Å². The third-order valence-electron chi connectivity index (χ3n) is 5.81. The van der Waals surface area contributed by atoms with Gasteiger partial charge in [-0.1, -0.05) is 12.8 Å². The number of hydrogen-bond acceptors (Lipinski definition) is 3. The van der Waals surface area contributed by atoms with Crippen LogP contribution in [-0.2, 0) is 16.4 Å². The molecule has 3 aliphatic rings. The molecule has 1 saturated heterocycles. The van der Waals surface area contributed by atoms with Crippen molar-refractivity contribution < 1.29 is 8.42 Å². The molecule has 1 saturated carbocycles. The molecule has 2 fully saturated rings. The molecule has 0 amide bonds. The van der Waals surface area contributed by atoms with Gasteiger partial charge in [-0.3, -0.25) is 0 Å². The average Bonchev–Trinajstić information content (AvgIpc) is 2.60. The van der Waals surface area contributed by atoms with E-state index in [9.17, 15) is 8.42 Å². The van der Waals surface area contributed by atoms with E-state index in [0.29, 0.717) is 17.4 Å². The van der Waals surface area contributed by atoms with Crippen molar-refractivity contribution in [2.45, 2.75) is 62.3 Å². The molecule has 0 aromatic heterocycles. The molecule has 5 heteroatoms. The third kappa shape index (κ3) is 2.78. The Balaban J connectivity index is 1.66. The molecule has 4 nitrogen and oxygen atoms in total. The number of hydrogen-bond donors (Lipinski definition) is 1. The highest BCUT2D eigenvalue weighted by Crippen LogP contribution is 2.38. The Kier molecular flexibility index (Phi) is 4.10. The summed E-state index contributed by atoms with van der Waals surface area (Å²) in [4.78, 5) is 0.492. The Morgan fingerprint density at radius 3 is 2.78 bits per heavy atom. The Morgan fingerprint density at radius 1 is 1.04 bits per heavy atom. The Morgan fingerprint density at radius 2 is 1.87 bits per heavy atom. The van der Waals surface area contributed by atoms with Gasteiger partial charge in [-0.2, -0.15) is 4.31 Å². The van der Waals surface area contributed by atoms with Gasteiger partial charge in [0.05, 0.1) is 4.90 Å². The molecule has 126 valence electrons. The van der Waals surface area contributed by atoms with Crippen molar-refractivity contribution in [3.05, 3.63) is 23.8 Å². The number of nitrogens with zero attached hydrogens (tertiary/aromatic N) is 1. The maximum Gasteiger partial charge on any atom is 0.243 e. The first-order valence-corrected chi connectivity index (χ1v) is 10.5. The normalized spacial score (nSPS) is 28.5. The van der Waals surface area contributed by atoms with Crippen LogP contribution in [0.4, 0.5) is 5.69 Å². The molecule has 0 unspecified atom stereocenters. The monoisotopic (exact) mass is 334 g/mol. The van der Waals surface area contributed by atoms with Crippen LogP contribution in [0.2, 0.25) is 0 Å². The van der Waals surface area contributed by atoms with E-state index in [4.69, 9.17) is 0 Å². The van der Waals surface area contributed by atoms with Crippen molar-refractivity contribution in [2.24, 2.45) is 5.92 Å². The molecule has 0 radical (unpaired) electrons. The van der Waals surface area contributed by atoms with Crippen molar-refractivity contribution in [3.8, 4) is 0 Å². The van der Waals surface area contributed by atoms with Crippen molar-refractivity contribution >= 4 is 15.7 Å². The summed E-state index contributed by atoms with van der Waals surface area (Å²) in [5, 5.41) is 3.36. The molecule has 4 rings (SSSR count). The summed E-state index contributed by atoms with van der Waals surface area (Å²) in [5.74, 6) is 0.576. The van der Waals surface area contributed by atoms with Gasteiger partial charge in [0.25, 0.3) is 0 Å². The average molecular weight is 334 g/mol. The fraction of sp³-hybridized carbons (Fsp3) is 0.667.